The maximum Gasteiger partial charge on any atom is 0.416 e. The van der Waals surface area contributed by atoms with Gasteiger partial charge in [-0.15, -0.1) is 0 Å². The van der Waals surface area contributed by atoms with E-state index in [0.29, 0.717) is 15.3 Å². The first kappa shape index (κ1) is 23.0. The van der Waals surface area contributed by atoms with E-state index in [1.54, 1.807) is 24.3 Å². The second-order valence-corrected chi connectivity index (χ2v) is 7.87. The normalized spacial score (nSPS) is 18.4. The number of alkyl halides is 6. The van der Waals surface area contributed by atoms with Gasteiger partial charge in [-0.3, -0.25) is 4.79 Å². The summed E-state index contributed by atoms with van der Waals surface area (Å²) in [7, 11) is 0. The van der Waals surface area contributed by atoms with Crippen molar-refractivity contribution in [3.63, 3.8) is 0 Å². The fourth-order valence-electron chi connectivity index (χ4n) is 3.57. The maximum absolute atomic E-state index is 13.8. The summed E-state index contributed by atoms with van der Waals surface area (Å²) in [5.74, 6) is -0.986. The molecule has 33 heavy (non-hydrogen) atoms. The van der Waals surface area contributed by atoms with Crippen LogP contribution in [0.25, 0.3) is 0 Å². The Labute approximate surface area is 188 Å². The molecule has 1 amide bonds. The highest BCUT2D eigenvalue weighted by Gasteiger charge is 2.46. The Morgan fingerprint density at radius 2 is 1.76 bits per heavy atom. The number of benzene rings is 2. The number of aromatic nitrogens is 2. The lowest BCUT2D eigenvalue weighted by molar-refractivity contribution is -0.173. The van der Waals surface area contributed by atoms with Crippen molar-refractivity contribution in [3.8, 4) is 0 Å². The molecule has 0 saturated carbocycles. The number of amides is 1. The highest BCUT2D eigenvalue weighted by Crippen LogP contribution is 2.43. The predicted molar refractivity (Wildman–Crippen MR) is 109 cm³/mol. The molecule has 1 aliphatic rings. The highest BCUT2D eigenvalue weighted by atomic mass is 35.5. The van der Waals surface area contributed by atoms with Gasteiger partial charge in [0, 0.05) is 23.2 Å². The van der Waals surface area contributed by atoms with Gasteiger partial charge in [0.05, 0.1) is 11.6 Å². The first-order valence-corrected chi connectivity index (χ1v) is 9.96. The van der Waals surface area contributed by atoms with Gasteiger partial charge in [-0.2, -0.15) is 31.4 Å². The van der Waals surface area contributed by atoms with E-state index in [2.05, 4.69) is 15.7 Å². The molecular weight excluding hydrogens is 474 g/mol. The lowest BCUT2D eigenvalue weighted by Gasteiger charge is -2.33. The Kier molecular flexibility index (Phi) is 5.77. The predicted octanol–water partition coefficient (Wildman–Crippen LogP) is 6.47. The van der Waals surface area contributed by atoms with Crippen molar-refractivity contribution in [1.29, 1.82) is 0 Å². The van der Waals surface area contributed by atoms with Gasteiger partial charge in [0.2, 0.25) is 0 Å². The highest BCUT2D eigenvalue weighted by molar-refractivity contribution is 6.30. The number of rotatable bonds is 3. The number of carbonyl (C=O) groups is 1. The van der Waals surface area contributed by atoms with Crippen LogP contribution in [0.4, 0.5) is 37.8 Å². The standard InChI is InChI=1S/C21H15ClF6N4O/c22-13-6-4-11(5-7-13)15-9-17(21(26,27)28)32-18(30-15)10-16(31-32)19(33)29-14-3-1-2-12(8-14)20(23,24)25/h1-8,10,15,17,30H,9H2,(H,29,33)/t15-,17-/m0/s1. The third-order valence-corrected chi connectivity index (χ3v) is 5.39. The van der Waals surface area contributed by atoms with Crippen LogP contribution in [0, 0.1) is 0 Å². The molecule has 0 spiro atoms. The van der Waals surface area contributed by atoms with Crippen LogP contribution < -0.4 is 10.6 Å². The first-order valence-electron chi connectivity index (χ1n) is 9.59. The fourth-order valence-corrected chi connectivity index (χ4v) is 3.69. The quantitative estimate of drug-likeness (QED) is 0.416. The van der Waals surface area contributed by atoms with E-state index >= 15 is 0 Å². The monoisotopic (exact) mass is 488 g/mol. The van der Waals surface area contributed by atoms with Crippen LogP contribution in [-0.4, -0.2) is 21.9 Å². The summed E-state index contributed by atoms with van der Waals surface area (Å²) < 4.78 is 80.6. The molecule has 0 unspecified atom stereocenters. The first-order chi connectivity index (χ1) is 15.4. The number of fused-ring (bicyclic) bond motifs is 1. The van der Waals surface area contributed by atoms with Crippen LogP contribution in [0.5, 0.6) is 0 Å². The van der Waals surface area contributed by atoms with Gasteiger partial charge in [-0.05, 0) is 35.9 Å². The zero-order chi connectivity index (χ0) is 24.0. The Morgan fingerprint density at radius 1 is 1.06 bits per heavy atom. The minimum absolute atomic E-state index is 0.0438. The van der Waals surface area contributed by atoms with E-state index < -0.39 is 35.9 Å². The van der Waals surface area contributed by atoms with Crippen molar-refractivity contribution in [2.45, 2.75) is 30.9 Å². The zero-order valence-corrected chi connectivity index (χ0v) is 17.3. The Balaban J connectivity index is 1.62. The largest absolute Gasteiger partial charge is 0.416 e. The van der Waals surface area contributed by atoms with Gasteiger partial charge in [0.1, 0.15) is 5.82 Å². The number of anilines is 2. The Morgan fingerprint density at radius 3 is 2.39 bits per heavy atom. The minimum atomic E-state index is -4.65. The zero-order valence-electron chi connectivity index (χ0n) is 16.5. The van der Waals surface area contributed by atoms with Crippen molar-refractivity contribution in [2.75, 3.05) is 10.6 Å². The van der Waals surface area contributed by atoms with E-state index in [0.717, 1.165) is 24.3 Å². The average molecular weight is 489 g/mol. The lowest BCUT2D eigenvalue weighted by atomic mass is 9.97. The summed E-state index contributed by atoms with van der Waals surface area (Å²) >= 11 is 5.85. The number of hydrogen-bond acceptors (Lipinski definition) is 3. The van der Waals surface area contributed by atoms with Crippen molar-refractivity contribution < 1.29 is 31.1 Å². The third-order valence-electron chi connectivity index (χ3n) is 5.14. The summed E-state index contributed by atoms with van der Waals surface area (Å²) in [6.07, 6.45) is -9.65. The van der Waals surface area contributed by atoms with Crippen molar-refractivity contribution >= 4 is 29.0 Å². The molecule has 0 radical (unpaired) electrons. The molecule has 2 atom stereocenters. The van der Waals surface area contributed by atoms with Gasteiger partial charge in [0.25, 0.3) is 5.91 Å². The summed E-state index contributed by atoms with van der Waals surface area (Å²) in [6, 6.07) is 8.60. The topological polar surface area (TPSA) is 59.0 Å². The van der Waals surface area contributed by atoms with Crippen LogP contribution in [0.1, 0.15) is 40.1 Å². The van der Waals surface area contributed by atoms with E-state index in [1.807, 2.05) is 0 Å². The number of nitrogens with one attached hydrogen (secondary N) is 2. The lowest BCUT2D eigenvalue weighted by Crippen LogP contribution is -2.35. The molecule has 4 rings (SSSR count). The Hall–Kier alpha value is -3.21. The summed E-state index contributed by atoms with van der Waals surface area (Å²) in [4.78, 5) is 12.5. The van der Waals surface area contributed by atoms with Gasteiger partial charge in [0.15, 0.2) is 11.7 Å². The molecule has 12 heteroatoms. The molecule has 0 saturated heterocycles. The average Bonchev–Trinajstić information content (AvgIpc) is 3.17. The number of hydrogen-bond donors (Lipinski definition) is 2. The molecular formula is C21H15ClF6N4O. The molecule has 0 fully saturated rings. The fraction of sp³-hybridized carbons (Fsp3) is 0.238. The van der Waals surface area contributed by atoms with E-state index in [-0.39, 0.29) is 23.6 Å². The van der Waals surface area contributed by atoms with Crippen LogP contribution >= 0.6 is 11.6 Å². The van der Waals surface area contributed by atoms with Gasteiger partial charge >= 0.3 is 12.4 Å². The molecule has 3 aromatic rings. The van der Waals surface area contributed by atoms with E-state index in [1.165, 1.54) is 6.07 Å². The van der Waals surface area contributed by atoms with Crippen LogP contribution in [0.3, 0.4) is 0 Å². The number of nitrogens with zero attached hydrogens (tertiary/aromatic N) is 2. The van der Waals surface area contributed by atoms with Gasteiger partial charge < -0.3 is 10.6 Å². The SMILES string of the molecule is O=C(Nc1cccc(C(F)(F)F)c1)c1cc2n(n1)[C@H](C(F)(F)F)C[C@@H](c1ccc(Cl)cc1)N2. The smallest absolute Gasteiger partial charge is 0.363 e. The molecule has 0 bridgehead atoms. The molecule has 2 heterocycles. The molecule has 0 aliphatic carbocycles. The third kappa shape index (κ3) is 4.92. The second kappa shape index (κ2) is 8.29. The molecule has 174 valence electrons. The van der Waals surface area contributed by atoms with Crippen LogP contribution in [0.2, 0.25) is 5.02 Å². The van der Waals surface area contributed by atoms with E-state index in [9.17, 15) is 31.1 Å². The number of carbonyl (C=O) groups excluding carboxylic acids is 1. The molecule has 5 nitrogen and oxygen atoms in total. The van der Waals surface area contributed by atoms with Gasteiger partial charge in [-0.1, -0.05) is 29.8 Å². The summed E-state index contributed by atoms with van der Waals surface area (Å²) in [5.41, 5.74) is -0.953. The van der Waals surface area contributed by atoms with Crippen LogP contribution in [-0.2, 0) is 6.18 Å². The van der Waals surface area contributed by atoms with Crippen molar-refractivity contribution in [1.82, 2.24) is 9.78 Å². The minimum Gasteiger partial charge on any atom is -0.363 e. The Bertz CT molecular complexity index is 1170. The molecule has 2 N–H and O–H groups in total. The van der Waals surface area contributed by atoms with Crippen molar-refractivity contribution in [2.24, 2.45) is 0 Å². The molecule has 1 aliphatic heterocycles. The van der Waals surface area contributed by atoms with E-state index in [4.69, 9.17) is 11.6 Å². The molecule has 1 aromatic heterocycles. The number of halogens is 7. The summed E-state index contributed by atoms with van der Waals surface area (Å²) in [6.45, 7) is 0. The second-order valence-electron chi connectivity index (χ2n) is 7.43. The van der Waals surface area contributed by atoms with Crippen molar-refractivity contribution in [3.05, 3.63) is 76.4 Å². The van der Waals surface area contributed by atoms with Gasteiger partial charge in [-0.25, -0.2) is 4.68 Å². The summed E-state index contributed by atoms with van der Waals surface area (Å²) in [5, 5.41) is 9.39. The van der Waals surface area contributed by atoms with Crippen LogP contribution in [0.15, 0.2) is 54.6 Å². The maximum atomic E-state index is 13.8. The molecule has 2 aromatic carbocycles.